The number of halogens is 1. The first-order valence-electron chi connectivity index (χ1n) is 8.90. The van der Waals surface area contributed by atoms with E-state index in [1.165, 1.54) is 53.8 Å². The van der Waals surface area contributed by atoms with Crippen LogP contribution < -0.4 is 10.0 Å². The lowest BCUT2D eigenvalue weighted by atomic mass is 10.1. The minimum atomic E-state index is -4.05. The molecule has 0 aliphatic heterocycles. The number of sulfonamides is 1. The number of hydrogen-bond donors (Lipinski definition) is 2. The highest BCUT2D eigenvalue weighted by atomic mass is 32.2. The monoisotopic (exact) mass is 433 g/mol. The molecule has 2 N–H and O–H groups in total. The van der Waals surface area contributed by atoms with E-state index in [1.54, 1.807) is 0 Å². The van der Waals surface area contributed by atoms with Gasteiger partial charge in [0.15, 0.2) is 0 Å². The molecular formula is C20H20FN3O3S2. The van der Waals surface area contributed by atoms with E-state index in [-0.39, 0.29) is 22.2 Å². The Morgan fingerprint density at radius 2 is 1.97 bits per heavy atom. The van der Waals surface area contributed by atoms with Crippen LogP contribution in [0.3, 0.4) is 0 Å². The standard InChI is InChI=1S/C20H20FN3O3S2/c1-3-17(20-22-13(2)12-28-20)23-19(25)14-7-6-8-15(11-14)29(26,27)24-18-10-5-4-9-16(18)21/h4-12,17,24H,3H2,1-2H3,(H,23,25). The molecule has 29 heavy (non-hydrogen) atoms. The average Bonchev–Trinajstić information content (AvgIpc) is 3.14. The Morgan fingerprint density at radius 1 is 1.21 bits per heavy atom. The molecule has 3 aromatic rings. The van der Waals surface area contributed by atoms with Gasteiger partial charge in [-0.05, 0) is 43.7 Å². The van der Waals surface area contributed by atoms with Gasteiger partial charge in [0.2, 0.25) is 0 Å². The van der Waals surface area contributed by atoms with Gasteiger partial charge in [-0.3, -0.25) is 9.52 Å². The first-order valence-corrected chi connectivity index (χ1v) is 11.3. The van der Waals surface area contributed by atoms with Crippen LogP contribution >= 0.6 is 11.3 Å². The summed E-state index contributed by atoms with van der Waals surface area (Å²) in [6.45, 7) is 3.81. The van der Waals surface area contributed by atoms with Gasteiger partial charge in [0.1, 0.15) is 10.8 Å². The number of para-hydroxylation sites is 1. The van der Waals surface area contributed by atoms with Gasteiger partial charge in [0.05, 0.1) is 16.6 Å². The number of nitrogens with zero attached hydrogens (tertiary/aromatic N) is 1. The topological polar surface area (TPSA) is 88.2 Å². The van der Waals surface area contributed by atoms with Crippen molar-refractivity contribution in [3.8, 4) is 0 Å². The first-order chi connectivity index (χ1) is 13.8. The molecule has 0 saturated carbocycles. The molecule has 9 heteroatoms. The van der Waals surface area contributed by atoms with Crippen LogP contribution in [0.25, 0.3) is 0 Å². The molecule has 0 fully saturated rings. The van der Waals surface area contributed by atoms with Crippen molar-refractivity contribution in [2.75, 3.05) is 4.72 Å². The molecule has 0 aliphatic rings. The van der Waals surface area contributed by atoms with E-state index < -0.39 is 21.7 Å². The minimum absolute atomic E-state index is 0.133. The van der Waals surface area contributed by atoms with Crippen molar-refractivity contribution in [1.29, 1.82) is 0 Å². The summed E-state index contributed by atoms with van der Waals surface area (Å²) in [6, 6.07) is 10.8. The van der Waals surface area contributed by atoms with Crippen molar-refractivity contribution in [1.82, 2.24) is 10.3 Å². The molecule has 1 atom stereocenters. The minimum Gasteiger partial charge on any atom is -0.343 e. The largest absolute Gasteiger partial charge is 0.343 e. The highest BCUT2D eigenvalue weighted by Gasteiger charge is 2.20. The second-order valence-corrected chi connectivity index (χ2v) is 8.95. The summed E-state index contributed by atoms with van der Waals surface area (Å²) in [5, 5.41) is 5.59. The normalized spacial score (nSPS) is 12.4. The Kier molecular flexibility index (Phi) is 6.29. The van der Waals surface area contributed by atoms with Crippen molar-refractivity contribution in [2.45, 2.75) is 31.2 Å². The summed E-state index contributed by atoms with van der Waals surface area (Å²) in [6.07, 6.45) is 0.644. The highest BCUT2D eigenvalue weighted by Crippen LogP contribution is 2.23. The van der Waals surface area contributed by atoms with Gasteiger partial charge in [-0.1, -0.05) is 25.1 Å². The SMILES string of the molecule is CCC(NC(=O)c1cccc(S(=O)(=O)Nc2ccccc2F)c1)c1nc(C)cs1. The number of rotatable bonds is 7. The molecule has 2 aromatic carbocycles. The summed E-state index contributed by atoms with van der Waals surface area (Å²) >= 11 is 1.46. The Morgan fingerprint density at radius 3 is 2.62 bits per heavy atom. The van der Waals surface area contributed by atoms with Gasteiger partial charge in [-0.15, -0.1) is 11.3 Å². The fraction of sp³-hybridized carbons (Fsp3) is 0.200. The first kappa shape index (κ1) is 20.9. The number of carbonyl (C=O) groups is 1. The Bertz CT molecular complexity index is 1130. The van der Waals surface area contributed by atoms with Crippen molar-refractivity contribution in [3.63, 3.8) is 0 Å². The second-order valence-electron chi connectivity index (χ2n) is 6.37. The zero-order chi connectivity index (χ0) is 21.0. The van der Waals surface area contributed by atoms with Gasteiger partial charge in [0, 0.05) is 16.6 Å². The molecule has 1 aromatic heterocycles. The molecule has 1 unspecified atom stereocenters. The number of carbonyl (C=O) groups excluding carboxylic acids is 1. The smallest absolute Gasteiger partial charge is 0.262 e. The molecular weight excluding hydrogens is 413 g/mol. The van der Waals surface area contributed by atoms with Crippen molar-refractivity contribution in [3.05, 3.63) is 76.0 Å². The number of nitrogens with one attached hydrogen (secondary N) is 2. The van der Waals surface area contributed by atoms with E-state index in [9.17, 15) is 17.6 Å². The number of aryl methyl sites for hydroxylation is 1. The van der Waals surface area contributed by atoms with E-state index in [2.05, 4.69) is 15.0 Å². The average molecular weight is 434 g/mol. The van der Waals surface area contributed by atoms with Gasteiger partial charge in [-0.2, -0.15) is 0 Å². The van der Waals surface area contributed by atoms with Crippen LogP contribution in [0.15, 0.2) is 58.8 Å². The molecule has 0 aliphatic carbocycles. The zero-order valence-electron chi connectivity index (χ0n) is 15.8. The van der Waals surface area contributed by atoms with Crippen LogP contribution in [0.5, 0.6) is 0 Å². The van der Waals surface area contributed by atoms with Crippen LogP contribution in [0.4, 0.5) is 10.1 Å². The number of hydrogen-bond acceptors (Lipinski definition) is 5. The summed E-state index contributed by atoms with van der Waals surface area (Å²) in [4.78, 5) is 16.9. The molecule has 0 saturated heterocycles. The molecule has 0 bridgehead atoms. The number of anilines is 1. The summed E-state index contributed by atoms with van der Waals surface area (Å²) in [5.74, 6) is -1.10. The maximum atomic E-state index is 13.8. The quantitative estimate of drug-likeness (QED) is 0.582. The van der Waals surface area contributed by atoms with Crippen LogP contribution in [-0.2, 0) is 10.0 Å². The molecule has 1 amide bonds. The van der Waals surface area contributed by atoms with Gasteiger partial charge in [0.25, 0.3) is 15.9 Å². The van der Waals surface area contributed by atoms with Gasteiger partial charge >= 0.3 is 0 Å². The van der Waals surface area contributed by atoms with Crippen LogP contribution in [-0.4, -0.2) is 19.3 Å². The molecule has 0 spiro atoms. The van der Waals surface area contributed by atoms with E-state index in [4.69, 9.17) is 0 Å². The van der Waals surface area contributed by atoms with Gasteiger partial charge < -0.3 is 5.32 Å². The van der Waals surface area contributed by atoms with Crippen molar-refractivity contribution in [2.24, 2.45) is 0 Å². The zero-order valence-corrected chi connectivity index (χ0v) is 17.5. The molecule has 1 heterocycles. The number of amides is 1. The molecule has 152 valence electrons. The second kappa shape index (κ2) is 8.71. The van der Waals surface area contributed by atoms with E-state index in [0.29, 0.717) is 6.42 Å². The fourth-order valence-corrected chi connectivity index (χ4v) is 4.71. The third-order valence-corrected chi connectivity index (χ3v) is 6.61. The lowest BCUT2D eigenvalue weighted by Gasteiger charge is -2.15. The Labute approximate surface area is 172 Å². The lowest BCUT2D eigenvalue weighted by molar-refractivity contribution is 0.0935. The fourth-order valence-electron chi connectivity index (χ4n) is 2.66. The highest BCUT2D eigenvalue weighted by molar-refractivity contribution is 7.92. The van der Waals surface area contributed by atoms with Crippen molar-refractivity contribution >= 4 is 33.0 Å². The predicted molar refractivity (Wildman–Crippen MR) is 111 cm³/mol. The summed E-state index contributed by atoms with van der Waals surface area (Å²) in [7, 11) is -4.05. The molecule has 0 radical (unpaired) electrons. The van der Waals surface area contributed by atoms with Gasteiger partial charge in [-0.25, -0.2) is 17.8 Å². The van der Waals surface area contributed by atoms with E-state index in [1.807, 2.05) is 19.2 Å². The van der Waals surface area contributed by atoms with Crippen LogP contribution in [0.2, 0.25) is 0 Å². The number of benzene rings is 2. The van der Waals surface area contributed by atoms with Crippen molar-refractivity contribution < 1.29 is 17.6 Å². The third kappa shape index (κ3) is 4.99. The molecule has 3 rings (SSSR count). The maximum absolute atomic E-state index is 13.8. The molecule has 6 nitrogen and oxygen atoms in total. The maximum Gasteiger partial charge on any atom is 0.262 e. The van der Waals surface area contributed by atoms with Crippen LogP contribution in [0.1, 0.15) is 40.4 Å². The summed E-state index contributed by atoms with van der Waals surface area (Å²) in [5.41, 5.74) is 0.908. The number of aromatic nitrogens is 1. The van der Waals surface area contributed by atoms with Crippen LogP contribution in [0, 0.1) is 12.7 Å². The Hall–Kier alpha value is -2.78. The third-order valence-electron chi connectivity index (χ3n) is 4.17. The predicted octanol–water partition coefficient (Wildman–Crippen LogP) is 4.27. The summed E-state index contributed by atoms with van der Waals surface area (Å²) < 4.78 is 41.2. The number of thiazole rings is 1. The lowest BCUT2D eigenvalue weighted by Crippen LogP contribution is -2.28. The van der Waals surface area contributed by atoms with E-state index >= 15 is 0 Å². The Balaban J connectivity index is 1.81. The van der Waals surface area contributed by atoms with E-state index in [0.717, 1.165) is 16.8 Å².